The van der Waals surface area contributed by atoms with Crippen molar-refractivity contribution >= 4 is 23.8 Å². The van der Waals surface area contributed by atoms with Gasteiger partial charge in [0, 0.05) is 52.0 Å². The Bertz CT molecular complexity index is 1260. The molecule has 1 amide bonds. The van der Waals surface area contributed by atoms with Crippen LogP contribution in [0.4, 0.5) is 0 Å². The molecule has 1 saturated carbocycles. The number of amides is 1. The maximum atomic E-state index is 12.4. The van der Waals surface area contributed by atoms with Gasteiger partial charge in [0.2, 0.25) is 5.91 Å². The molecule has 0 unspecified atom stereocenters. The van der Waals surface area contributed by atoms with Crippen molar-refractivity contribution in [1.82, 2.24) is 5.32 Å². The summed E-state index contributed by atoms with van der Waals surface area (Å²) in [5.41, 5.74) is 1.15. The number of allylic oxidation sites excluding steroid dienone is 4. The Balaban J connectivity index is 1.77. The first-order valence-electron chi connectivity index (χ1n) is 20.5. The number of ether oxygens (including phenoxy) is 3. The maximum Gasteiger partial charge on any atom is 0.303 e. The Kier molecular flexibility index (Phi) is 24.7. The van der Waals surface area contributed by atoms with E-state index in [1.165, 1.54) is 85.0 Å². The van der Waals surface area contributed by atoms with Crippen molar-refractivity contribution in [3.8, 4) is 0 Å². The Morgan fingerprint density at radius 2 is 1.34 bits per heavy atom. The van der Waals surface area contributed by atoms with E-state index in [0.29, 0.717) is 25.7 Å². The summed E-state index contributed by atoms with van der Waals surface area (Å²) in [5.74, 6) is -1.42. The van der Waals surface area contributed by atoms with E-state index < -0.39 is 24.3 Å². The first-order valence-corrected chi connectivity index (χ1v) is 20.5. The summed E-state index contributed by atoms with van der Waals surface area (Å²) in [4.78, 5) is 48.4. The lowest BCUT2D eigenvalue weighted by atomic mass is 9.89. The monoisotopic (exact) mass is 736 g/mol. The lowest BCUT2D eigenvalue weighted by Crippen LogP contribution is -2.25. The second-order valence-corrected chi connectivity index (χ2v) is 14.5. The number of benzene rings is 1. The van der Waals surface area contributed by atoms with E-state index in [1.54, 1.807) is 0 Å². The van der Waals surface area contributed by atoms with Crippen LogP contribution in [-0.4, -0.2) is 48.7 Å². The summed E-state index contributed by atoms with van der Waals surface area (Å²) in [6.07, 6.45) is 30.6. The molecule has 1 aromatic carbocycles. The Morgan fingerprint density at radius 1 is 0.736 bits per heavy atom. The van der Waals surface area contributed by atoms with Crippen molar-refractivity contribution in [3.05, 3.63) is 72.4 Å². The van der Waals surface area contributed by atoms with Crippen LogP contribution in [0.25, 0.3) is 0 Å². The van der Waals surface area contributed by atoms with Crippen LogP contribution in [0.2, 0.25) is 0 Å². The molecule has 296 valence electrons. The highest BCUT2D eigenvalue weighted by atomic mass is 16.6. The van der Waals surface area contributed by atoms with Crippen molar-refractivity contribution in [2.24, 2.45) is 11.8 Å². The van der Waals surface area contributed by atoms with E-state index in [9.17, 15) is 19.2 Å². The summed E-state index contributed by atoms with van der Waals surface area (Å²) < 4.78 is 17.1. The molecular weight excluding hydrogens is 666 g/mol. The predicted octanol–water partition coefficient (Wildman–Crippen LogP) is 10.1. The van der Waals surface area contributed by atoms with E-state index >= 15 is 0 Å². The number of nitrogens with one attached hydrogen (secondary N) is 1. The fourth-order valence-corrected chi connectivity index (χ4v) is 7.05. The Labute approximate surface area is 320 Å². The van der Waals surface area contributed by atoms with E-state index in [0.717, 1.165) is 44.2 Å². The normalized spacial score (nSPS) is 19.2. The molecule has 1 fully saturated rings. The summed E-state index contributed by atoms with van der Waals surface area (Å²) in [7, 11) is 0. The first-order chi connectivity index (χ1) is 25.7. The van der Waals surface area contributed by atoms with Gasteiger partial charge in [-0.15, -0.1) is 0 Å². The zero-order valence-corrected chi connectivity index (χ0v) is 33.2. The highest BCUT2D eigenvalue weighted by Crippen LogP contribution is 2.40. The SMILES string of the molecule is CCCCCC/C=C/CCCCCCCCNC(=O)CCC/C=C\C[C@@H]1[C@@H](/C=C/[C@H](CCc2ccccc2)OC(C)=O)[C@H](OC(C)=O)C[C@@H]1OC(C)=O. The number of rotatable bonds is 28. The standard InChI is InChI=1S/C45H69NO7/c1-5-6-7-8-9-10-11-12-13-14-15-16-19-25-34-46-45(50)29-24-18-17-23-28-41-42(44(53-38(4)49)35-43(41)52-37(3)48)33-32-40(51-36(2)47)31-30-39-26-21-20-22-27-39/h10-11,17,20-23,26-27,32-33,40-44H,5-9,12-16,18-19,24-25,28-31,34-35H2,1-4H3,(H,46,50)/b11-10+,23-17-,33-32+/t40-,41+,42+,43-,44+/m0/s1. The molecule has 2 rings (SSSR count). The fraction of sp³-hybridized carbons (Fsp3) is 0.644. The third-order valence-corrected chi connectivity index (χ3v) is 9.79. The van der Waals surface area contributed by atoms with Gasteiger partial charge in [-0.25, -0.2) is 0 Å². The smallest absolute Gasteiger partial charge is 0.303 e. The molecule has 53 heavy (non-hydrogen) atoms. The van der Waals surface area contributed by atoms with Crippen molar-refractivity contribution in [2.75, 3.05) is 6.54 Å². The molecule has 8 nitrogen and oxygen atoms in total. The minimum Gasteiger partial charge on any atom is -0.462 e. The quantitative estimate of drug-likeness (QED) is 0.0395. The number of esters is 3. The van der Waals surface area contributed by atoms with Gasteiger partial charge in [0.15, 0.2) is 0 Å². The van der Waals surface area contributed by atoms with Gasteiger partial charge >= 0.3 is 17.9 Å². The third kappa shape index (κ3) is 22.2. The largest absolute Gasteiger partial charge is 0.462 e. The average molecular weight is 736 g/mol. The van der Waals surface area contributed by atoms with Gasteiger partial charge < -0.3 is 19.5 Å². The number of carbonyl (C=O) groups is 4. The molecule has 1 aliphatic carbocycles. The fourth-order valence-electron chi connectivity index (χ4n) is 7.05. The molecule has 0 heterocycles. The summed E-state index contributed by atoms with van der Waals surface area (Å²) >= 11 is 0. The van der Waals surface area contributed by atoms with Crippen molar-refractivity contribution in [2.45, 2.75) is 168 Å². The van der Waals surface area contributed by atoms with E-state index in [4.69, 9.17) is 14.2 Å². The van der Waals surface area contributed by atoms with Crippen molar-refractivity contribution in [3.63, 3.8) is 0 Å². The van der Waals surface area contributed by atoms with Gasteiger partial charge in [0.05, 0.1) is 0 Å². The number of unbranched alkanes of at least 4 members (excludes halogenated alkanes) is 11. The predicted molar refractivity (Wildman–Crippen MR) is 213 cm³/mol. The van der Waals surface area contributed by atoms with Gasteiger partial charge in [0.1, 0.15) is 18.3 Å². The zero-order valence-electron chi connectivity index (χ0n) is 33.2. The van der Waals surface area contributed by atoms with Crippen LogP contribution in [0.5, 0.6) is 0 Å². The van der Waals surface area contributed by atoms with Crippen molar-refractivity contribution < 1.29 is 33.4 Å². The topological polar surface area (TPSA) is 108 Å². The lowest BCUT2D eigenvalue weighted by molar-refractivity contribution is -0.149. The van der Waals surface area contributed by atoms with Crippen LogP contribution in [0, 0.1) is 11.8 Å². The van der Waals surface area contributed by atoms with Crippen LogP contribution >= 0.6 is 0 Å². The zero-order chi connectivity index (χ0) is 38.5. The molecule has 1 N–H and O–H groups in total. The van der Waals surface area contributed by atoms with Crippen LogP contribution in [0.3, 0.4) is 0 Å². The van der Waals surface area contributed by atoms with E-state index in [2.05, 4.69) is 36.5 Å². The van der Waals surface area contributed by atoms with Gasteiger partial charge in [-0.2, -0.15) is 0 Å². The molecule has 5 atom stereocenters. The van der Waals surface area contributed by atoms with Gasteiger partial charge in [-0.05, 0) is 75.8 Å². The Hall–Kier alpha value is -3.68. The second kappa shape index (κ2) is 28.8. The molecule has 0 bridgehead atoms. The second-order valence-electron chi connectivity index (χ2n) is 14.5. The summed E-state index contributed by atoms with van der Waals surface area (Å²) in [5, 5.41) is 3.06. The number of hydrogen-bond acceptors (Lipinski definition) is 7. The molecular formula is C45H69NO7. The summed E-state index contributed by atoms with van der Waals surface area (Å²) in [6, 6.07) is 10.0. The molecule has 0 spiro atoms. The van der Waals surface area contributed by atoms with Crippen molar-refractivity contribution in [1.29, 1.82) is 0 Å². The first kappa shape index (κ1) is 45.5. The van der Waals surface area contributed by atoms with Gasteiger partial charge in [0.25, 0.3) is 0 Å². The molecule has 1 aromatic rings. The summed E-state index contributed by atoms with van der Waals surface area (Å²) in [6.45, 7) is 7.15. The molecule has 8 heteroatoms. The van der Waals surface area contributed by atoms with Crippen LogP contribution in [0.1, 0.15) is 149 Å². The molecule has 0 aromatic heterocycles. The van der Waals surface area contributed by atoms with Crippen LogP contribution in [-0.2, 0) is 39.8 Å². The number of carbonyl (C=O) groups excluding carboxylic acids is 4. The van der Waals surface area contributed by atoms with Gasteiger partial charge in [-0.1, -0.05) is 113 Å². The molecule has 0 radical (unpaired) electrons. The van der Waals surface area contributed by atoms with Crippen LogP contribution < -0.4 is 5.32 Å². The highest BCUT2D eigenvalue weighted by molar-refractivity contribution is 5.75. The van der Waals surface area contributed by atoms with Crippen LogP contribution in [0.15, 0.2) is 66.8 Å². The maximum absolute atomic E-state index is 12.4. The van der Waals surface area contributed by atoms with E-state index in [-0.39, 0.29) is 29.7 Å². The third-order valence-electron chi connectivity index (χ3n) is 9.79. The lowest BCUT2D eigenvalue weighted by Gasteiger charge is -2.23. The minimum atomic E-state index is -0.473. The van der Waals surface area contributed by atoms with Gasteiger partial charge in [-0.3, -0.25) is 19.2 Å². The number of aryl methyl sites for hydroxylation is 1. The molecule has 1 aliphatic rings. The molecule has 0 aliphatic heterocycles. The average Bonchev–Trinajstić information content (AvgIpc) is 3.42. The Morgan fingerprint density at radius 3 is 2.00 bits per heavy atom. The minimum absolute atomic E-state index is 0.0922. The molecule has 0 saturated heterocycles. The number of hydrogen-bond donors (Lipinski definition) is 1. The highest BCUT2D eigenvalue weighted by Gasteiger charge is 2.45. The van der Waals surface area contributed by atoms with E-state index in [1.807, 2.05) is 42.5 Å².